The van der Waals surface area contributed by atoms with Crippen molar-refractivity contribution in [2.75, 3.05) is 13.1 Å². The largest absolute Gasteiger partial charge is 0.417 e. The number of halogens is 3. The monoisotopic (exact) mass is 433 g/mol. The van der Waals surface area contributed by atoms with Crippen molar-refractivity contribution in [1.29, 1.82) is 0 Å². The number of aryl methyl sites for hydroxylation is 1. The number of amides is 1. The highest BCUT2D eigenvalue weighted by Crippen LogP contribution is 2.41. The van der Waals surface area contributed by atoms with E-state index in [1.807, 2.05) is 6.07 Å². The molecule has 0 bridgehead atoms. The molecule has 0 spiro atoms. The summed E-state index contributed by atoms with van der Waals surface area (Å²) in [7, 11) is 0. The van der Waals surface area contributed by atoms with Gasteiger partial charge in [0, 0.05) is 36.3 Å². The SMILES string of the molecule is CCc1cc(C(F)(F)F)c2c(C3CCN(C(=O)c4cc(C5CC5)[nH]n4)CC3)noc2n1. The number of hydrogen-bond donors (Lipinski definition) is 1. The molecular formula is C21H22F3N5O2. The van der Waals surface area contributed by atoms with Crippen molar-refractivity contribution in [1.82, 2.24) is 25.2 Å². The third kappa shape index (κ3) is 3.68. The number of nitrogens with zero attached hydrogens (tertiary/aromatic N) is 4. The molecule has 31 heavy (non-hydrogen) atoms. The number of rotatable bonds is 4. The van der Waals surface area contributed by atoms with Gasteiger partial charge in [-0.15, -0.1) is 0 Å². The van der Waals surface area contributed by atoms with E-state index in [1.54, 1.807) is 11.8 Å². The predicted molar refractivity (Wildman–Crippen MR) is 105 cm³/mol. The summed E-state index contributed by atoms with van der Waals surface area (Å²) in [5, 5.41) is 11.0. The molecule has 1 amide bonds. The number of likely N-dealkylation sites (tertiary alicyclic amines) is 1. The fraction of sp³-hybridized carbons (Fsp3) is 0.524. The van der Waals surface area contributed by atoms with Crippen molar-refractivity contribution >= 4 is 17.0 Å². The normalized spacial score (nSPS) is 18.1. The molecule has 5 rings (SSSR count). The van der Waals surface area contributed by atoms with Gasteiger partial charge in [0.2, 0.25) is 0 Å². The van der Waals surface area contributed by atoms with Gasteiger partial charge in [-0.2, -0.15) is 18.3 Å². The van der Waals surface area contributed by atoms with Crippen LogP contribution in [-0.4, -0.2) is 44.2 Å². The Hall–Kier alpha value is -2.91. The minimum Gasteiger partial charge on any atom is -0.337 e. The molecule has 4 heterocycles. The third-order valence-electron chi connectivity index (χ3n) is 6.20. The number of carbonyl (C=O) groups excluding carboxylic acids is 1. The molecule has 7 nitrogen and oxygen atoms in total. The zero-order valence-corrected chi connectivity index (χ0v) is 17.0. The van der Waals surface area contributed by atoms with E-state index < -0.39 is 11.7 Å². The molecule has 164 valence electrons. The van der Waals surface area contributed by atoms with Crippen LogP contribution in [0.5, 0.6) is 0 Å². The Balaban J connectivity index is 1.36. The number of hydrogen-bond acceptors (Lipinski definition) is 5. The number of fused-ring (bicyclic) bond motifs is 1. The molecular weight excluding hydrogens is 411 g/mol. The Labute approximate surface area is 176 Å². The van der Waals surface area contributed by atoms with E-state index in [0.717, 1.165) is 24.6 Å². The Morgan fingerprint density at radius 3 is 2.58 bits per heavy atom. The molecule has 0 unspecified atom stereocenters. The summed E-state index contributed by atoms with van der Waals surface area (Å²) in [6, 6.07) is 2.89. The average molecular weight is 433 g/mol. The van der Waals surface area contributed by atoms with E-state index in [1.165, 1.54) is 0 Å². The maximum atomic E-state index is 13.7. The molecule has 1 N–H and O–H groups in total. The highest BCUT2D eigenvalue weighted by Gasteiger charge is 2.38. The van der Waals surface area contributed by atoms with E-state index in [4.69, 9.17) is 4.52 Å². The second-order valence-corrected chi connectivity index (χ2v) is 8.31. The number of carbonyl (C=O) groups is 1. The Morgan fingerprint density at radius 1 is 1.19 bits per heavy atom. The van der Waals surface area contributed by atoms with E-state index in [2.05, 4.69) is 20.3 Å². The van der Waals surface area contributed by atoms with Gasteiger partial charge in [0.1, 0.15) is 5.69 Å². The van der Waals surface area contributed by atoms with Crippen molar-refractivity contribution < 1.29 is 22.5 Å². The summed E-state index contributed by atoms with van der Waals surface area (Å²) in [5.41, 5.74) is 1.14. The van der Waals surface area contributed by atoms with Crippen LogP contribution in [0.3, 0.4) is 0 Å². The average Bonchev–Trinajstić information content (AvgIpc) is 3.33. The van der Waals surface area contributed by atoms with E-state index in [9.17, 15) is 18.0 Å². The molecule has 1 saturated heterocycles. The van der Waals surface area contributed by atoms with E-state index in [0.29, 0.717) is 49.7 Å². The molecule has 2 aliphatic rings. The maximum absolute atomic E-state index is 13.7. The van der Waals surface area contributed by atoms with Crippen LogP contribution in [0.15, 0.2) is 16.7 Å². The highest BCUT2D eigenvalue weighted by atomic mass is 19.4. The first kappa shape index (κ1) is 20.0. The van der Waals surface area contributed by atoms with Gasteiger partial charge in [-0.1, -0.05) is 12.1 Å². The molecule has 0 atom stereocenters. The Bertz CT molecular complexity index is 1120. The van der Waals surface area contributed by atoms with Gasteiger partial charge in [0.05, 0.1) is 16.6 Å². The Kier molecular flexibility index (Phi) is 4.75. The van der Waals surface area contributed by atoms with Gasteiger partial charge < -0.3 is 9.42 Å². The number of H-pyrrole nitrogens is 1. The number of piperidine rings is 1. The van der Waals surface area contributed by atoms with Crippen LogP contribution >= 0.6 is 0 Å². The molecule has 3 aromatic heterocycles. The molecule has 2 fully saturated rings. The third-order valence-corrected chi connectivity index (χ3v) is 6.20. The fourth-order valence-corrected chi connectivity index (χ4v) is 4.28. The number of pyridine rings is 1. The highest BCUT2D eigenvalue weighted by molar-refractivity contribution is 5.92. The summed E-state index contributed by atoms with van der Waals surface area (Å²) in [6.07, 6.45) is -0.935. The summed E-state index contributed by atoms with van der Waals surface area (Å²) in [4.78, 5) is 18.6. The van der Waals surface area contributed by atoms with Crippen LogP contribution < -0.4 is 0 Å². The first-order chi connectivity index (χ1) is 14.8. The maximum Gasteiger partial charge on any atom is 0.417 e. The summed E-state index contributed by atoms with van der Waals surface area (Å²) >= 11 is 0. The quantitative estimate of drug-likeness (QED) is 0.658. The lowest BCUT2D eigenvalue weighted by atomic mass is 9.90. The second-order valence-electron chi connectivity index (χ2n) is 8.31. The zero-order chi connectivity index (χ0) is 21.8. The summed E-state index contributed by atoms with van der Waals surface area (Å²) in [5.74, 6) is 0.0867. The predicted octanol–water partition coefficient (Wildman–Crippen LogP) is 4.42. The van der Waals surface area contributed by atoms with Crippen LogP contribution in [-0.2, 0) is 12.6 Å². The van der Waals surface area contributed by atoms with Crippen LogP contribution in [0.25, 0.3) is 11.1 Å². The zero-order valence-electron chi connectivity index (χ0n) is 17.0. The second kappa shape index (κ2) is 7.35. The van der Waals surface area contributed by atoms with Gasteiger partial charge in [0.25, 0.3) is 11.6 Å². The molecule has 3 aromatic rings. The smallest absolute Gasteiger partial charge is 0.337 e. The first-order valence-corrected chi connectivity index (χ1v) is 10.6. The lowest BCUT2D eigenvalue weighted by molar-refractivity contribution is -0.136. The van der Waals surface area contributed by atoms with E-state index >= 15 is 0 Å². The topological polar surface area (TPSA) is 87.9 Å². The standard InChI is InChI=1S/C21H22F3N5O2/c1-2-13-9-14(21(22,23)24)17-18(28-31-19(17)25-13)12-5-7-29(8-6-12)20(30)16-10-15(26-27-16)11-3-4-11/h9-12H,2-8H2,1H3,(H,26,27). The summed E-state index contributed by atoms with van der Waals surface area (Å²) < 4.78 is 46.4. The number of nitrogens with one attached hydrogen (secondary N) is 1. The van der Waals surface area contributed by atoms with Crippen LogP contribution in [0.2, 0.25) is 0 Å². The van der Waals surface area contributed by atoms with Gasteiger partial charge in [-0.3, -0.25) is 9.89 Å². The van der Waals surface area contributed by atoms with Crippen molar-refractivity contribution in [3.8, 4) is 0 Å². The lowest BCUT2D eigenvalue weighted by Gasteiger charge is -2.30. The molecule has 1 saturated carbocycles. The number of aromatic amines is 1. The van der Waals surface area contributed by atoms with Crippen molar-refractivity contribution in [2.45, 2.75) is 57.0 Å². The first-order valence-electron chi connectivity index (χ1n) is 10.6. The molecule has 10 heteroatoms. The van der Waals surface area contributed by atoms with Crippen LogP contribution in [0.1, 0.15) is 77.6 Å². The number of aromatic nitrogens is 4. The minimum atomic E-state index is -4.53. The van der Waals surface area contributed by atoms with Gasteiger partial charge in [-0.25, -0.2) is 4.98 Å². The molecule has 0 aromatic carbocycles. The van der Waals surface area contributed by atoms with Crippen LogP contribution in [0, 0.1) is 0 Å². The Morgan fingerprint density at radius 2 is 1.94 bits per heavy atom. The minimum absolute atomic E-state index is 0.0594. The van der Waals surface area contributed by atoms with Crippen molar-refractivity contribution in [3.05, 3.63) is 40.5 Å². The summed E-state index contributed by atoms with van der Waals surface area (Å²) in [6.45, 7) is 2.59. The lowest BCUT2D eigenvalue weighted by Crippen LogP contribution is -2.38. The van der Waals surface area contributed by atoms with Gasteiger partial charge >= 0.3 is 6.18 Å². The van der Waals surface area contributed by atoms with Gasteiger partial charge in [0.15, 0.2) is 0 Å². The van der Waals surface area contributed by atoms with Crippen molar-refractivity contribution in [3.63, 3.8) is 0 Å². The molecule has 1 aliphatic heterocycles. The molecule has 1 aliphatic carbocycles. The van der Waals surface area contributed by atoms with E-state index in [-0.39, 0.29) is 28.6 Å². The molecule has 0 radical (unpaired) electrons. The van der Waals surface area contributed by atoms with Crippen molar-refractivity contribution in [2.24, 2.45) is 0 Å². The van der Waals surface area contributed by atoms with Gasteiger partial charge in [-0.05, 0) is 44.2 Å². The fourth-order valence-electron chi connectivity index (χ4n) is 4.28. The van der Waals surface area contributed by atoms with Crippen LogP contribution in [0.4, 0.5) is 13.2 Å². The number of alkyl halides is 3.